The number of carbonyl (C=O) groups excluding carboxylic acids is 3. The van der Waals surface area contributed by atoms with Gasteiger partial charge in [0.05, 0.1) is 6.57 Å². The second-order valence-corrected chi connectivity index (χ2v) is 11.4. The van der Waals surface area contributed by atoms with Gasteiger partial charge in [-0.05, 0) is 61.3 Å². The average molecular weight is 543 g/mol. The molecule has 2 aromatic carbocycles. The Kier molecular flexibility index (Phi) is 8.69. The summed E-state index contributed by atoms with van der Waals surface area (Å²) >= 11 is 0. The molecule has 5 rings (SSSR count). The van der Waals surface area contributed by atoms with E-state index in [4.69, 9.17) is 6.57 Å². The molecule has 210 valence electrons. The lowest BCUT2D eigenvalue weighted by Crippen LogP contribution is -2.67. The summed E-state index contributed by atoms with van der Waals surface area (Å²) in [6.07, 6.45) is 9.06. The first-order chi connectivity index (χ1) is 19.5. The van der Waals surface area contributed by atoms with Crippen LogP contribution in [0.4, 0.5) is 5.69 Å². The number of hydrogen-bond acceptors (Lipinski definition) is 4. The van der Waals surface area contributed by atoms with Crippen molar-refractivity contribution in [2.24, 2.45) is 5.92 Å². The predicted octanol–water partition coefficient (Wildman–Crippen LogP) is 4.91. The number of hydrogen-bond donors (Lipinski definition) is 2. The monoisotopic (exact) mass is 542 g/mol. The molecule has 0 bridgehead atoms. The van der Waals surface area contributed by atoms with E-state index in [0.717, 1.165) is 44.1 Å². The van der Waals surface area contributed by atoms with Crippen molar-refractivity contribution in [3.8, 4) is 5.75 Å². The maximum Gasteiger partial charge on any atom is 0.247 e. The van der Waals surface area contributed by atoms with E-state index in [1.54, 1.807) is 46.2 Å². The van der Waals surface area contributed by atoms with Crippen LogP contribution in [0.1, 0.15) is 75.0 Å². The molecule has 0 aromatic heterocycles. The normalized spacial score (nSPS) is 22.4. The number of benzene rings is 2. The van der Waals surface area contributed by atoms with E-state index in [9.17, 15) is 19.5 Å². The minimum atomic E-state index is -0.964. The Bertz CT molecular complexity index is 1250. The molecule has 0 radical (unpaired) electrons. The minimum Gasteiger partial charge on any atom is -0.508 e. The van der Waals surface area contributed by atoms with Gasteiger partial charge in [-0.3, -0.25) is 14.4 Å². The van der Waals surface area contributed by atoms with Crippen LogP contribution in [-0.4, -0.2) is 57.8 Å². The standard InChI is InChI=1S/C32H38N4O4/c1-33-25-14-12-24(13-15-25)29(30(38)34-19-18-22-10-16-26(37)17-11-22)36-28(21-23-7-3-2-4-8-23)31(39)35-20-6-5-9-27(35)32(36)40/h10-17,23,27-29,37H,2-9,18-21H2,(H,34,38)/t27-,28-,29?/m0/s1. The van der Waals surface area contributed by atoms with Crippen LogP contribution in [0.2, 0.25) is 0 Å². The van der Waals surface area contributed by atoms with Gasteiger partial charge in [0.25, 0.3) is 0 Å². The molecule has 3 fully saturated rings. The fourth-order valence-corrected chi connectivity index (χ4v) is 6.61. The molecule has 3 amide bonds. The number of nitrogens with zero attached hydrogens (tertiary/aromatic N) is 3. The number of nitrogens with one attached hydrogen (secondary N) is 1. The van der Waals surface area contributed by atoms with Crippen molar-refractivity contribution >= 4 is 23.4 Å². The van der Waals surface area contributed by atoms with Crippen LogP contribution in [0, 0.1) is 12.5 Å². The van der Waals surface area contributed by atoms with Gasteiger partial charge in [0, 0.05) is 13.1 Å². The van der Waals surface area contributed by atoms with Crippen molar-refractivity contribution < 1.29 is 19.5 Å². The summed E-state index contributed by atoms with van der Waals surface area (Å²) < 4.78 is 0. The number of amides is 3. The summed E-state index contributed by atoms with van der Waals surface area (Å²) in [6.45, 7) is 8.28. The molecule has 3 atom stereocenters. The maximum absolute atomic E-state index is 14.2. The van der Waals surface area contributed by atoms with Crippen molar-refractivity contribution in [3.05, 3.63) is 71.1 Å². The van der Waals surface area contributed by atoms with Gasteiger partial charge in [-0.15, -0.1) is 0 Å². The second kappa shape index (κ2) is 12.5. The topological polar surface area (TPSA) is 94.3 Å². The van der Waals surface area contributed by atoms with Gasteiger partial charge in [0.2, 0.25) is 17.7 Å². The van der Waals surface area contributed by atoms with Gasteiger partial charge in [-0.1, -0.05) is 68.5 Å². The molecule has 40 heavy (non-hydrogen) atoms. The van der Waals surface area contributed by atoms with E-state index in [0.29, 0.717) is 49.5 Å². The first-order valence-corrected chi connectivity index (χ1v) is 14.6. The number of rotatable bonds is 8. The lowest BCUT2D eigenvalue weighted by atomic mass is 9.82. The third kappa shape index (κ3) is 5.99. The van der Waals surface area contributed by atoms with E-state index in [1.165, 1.54) is 6.42 Å². The molecule has 2 aromatic rings. The Balaban J connectivity index is 1.46. The third-order valence-corrected chi connectivity index (χ3v) is 8.74. The Labute approximate surface area is 236 Å². The molecule has 8 nitrogen and oxygen atoms in total. The van der Waals surface area contributed by atoms with E-state index in [1.807, 2.05) is 12.1 Å². The molecule has 3 aliphatic rings. The lowest BCUT2D eigenvalue weighted by molar-refractivity contribution is -0.169. The van der Waals surface area contributed by atoms with Crippen molar-refractivity contribution in [3.63, 3.8) is 0 Å². The van der Waals surface area contributed by atoms with Crippen LogP contribution in [0.3, 0.4) is 0 Å². The summed E-state index contributed by atoms with van der Waals surface area (Å²) in [5.74, 6) is 0.0304. The Hall–Kier alpha value is -3.86. The average Bonchev–Trinajstić information content (AvgIpc) is 2.99. The highest BCUT2D eigenvalue weighted by Gasteiger charge is 2.51. The Morgan fingerprint density at radius 3 is 2.35 bits per heavy atom. The fraction of sp³-hybridized carbons (Fsp3) is 0.500. The van der Waals surface area contributed by atoms with Crippen LogP contribution in [0.15, 0.2) is 48.5 Å². The van der Waals surface area contributed by atoms with Crippen molar-refractivity contribution in [2.45, 2.75) is 82.3 Å². The SMILES string of the molecule is [C-]#[N+]c1ccc(C(C(=O)NCCc2ccc(O)cc2)N2C(=O)[C@@H]3CCCCN3C(=O)[C@@H]2CC2CCCCC2)cc1. The van der Waals surface area contributed by atoms with Crippen LogP contribution >= 0.6 is 0 Å². The number of carbonyl (C=O) groups is 3. The largest absolute Gasteiger partial charge is 0.508 e. The molecule has 2 N–H and O–H groups in total. The van der Waals surface area contributed by atoms with Crippen molar-refractivity contribution in [2.75, 3.05) is 13.1 Å². The highest BCUT2D eigenvalue weighted by molar-refractivity contribution is 6.00. The smallest absolute Gasteiger partial charge is 0.247 e. The summed E-state index contributed by atoms with van der Waals surface area (Å²) in [5, 5.41) is 12.6. The number of piperidine rings is 1. The van der Waals surface area contributed by atoms with E-state index < -0.39 is 18.1 Å². The number of phenols is 1. The zero-order chi connectivity index (χ0) is 28.1. The molecule has 0 spiro atoms. The summed E-state index contributed by atoms with van der Waals surface area (Å²) in [6, 6.07) is 11.5. The number of piperazine rings is 1. The molecule has 2 saturated heterocycles. The molecule has 1 unspecified atom stereocenters. The molecule has 2 heterocycles. The molecule has 1 saturated carbocycles. The second-order valence-electron chi connectivity index (χ2n) is 11.4. The molecule has 8 heteroatoms. The molecular weight excluding hydrogens is 504 g/mol. The summed E-state index contributed by atoms with van der Waals surface area (Å²) in [5.41, 5.74) is 2.02. The van der Waals surface area contributed by atoms with E-state index >= 15 is 0 Å². The summed E-state index contributed by atoms with van der Waals surface area (Å²) in [7, 11) is 0. The van der Waals surface area contributed by atoms with E-state index in [-0.39, 0.29) is 23.5 Å². The quantitative estimate of drug-likeness (QED) is 0.464. The van der Waals surface area contributed by atoms with Crippen molar-refractivity contribution in [1.29, 1.82) is 0 Å². The molecule has 2 aliphatic heterocycles. The highest BCUT2D eigenvalue weighted by atomic mass is 16.3. The van der Waals surface area contributed by atoms with Gasteiger partial charge < -0.3 is 20.2 Å². The predicted molar refractivity (Wildman–Crippen MR) is 151 cm³/mol. The van der Waals surface area contributed by atoms with Gasteiger partial charge in [0.15, 0.2) is 5.69 Å². The molecular formula is C32H38N4O4. The van der Waals surface area contributed by atoms with Gasteiger partial charge >= 0.3 is 0 Å². The van der Waals surface area contributed by atoms with Crippen LogP contribution in [0.5, 0.6) is 5.75 Å². The highest BCUT2D eigenvalue weighted by Crippen LogP contribution is 2.38. The zero-order valence-corrected chi connectivity index (χ0v) is 22.9. The van der Waals surface area contributed by atoms with Gasteiger partial charge in [0.1, 0.15) is 23.9 Å². The first-order valence-electron chi connectivity index (χ1n) is 14.6. The van der Waals surface area contributed by atoms with Crippen LogP contribution < -0.4 is 5.32 Å². The molecule has 1 aliphatic carbocycles. The van der Waals surface area contributed by atoms with E-state index in [2.05, 4.69) is 10.2 Å². The van der Waals surface area contributed by atoms with Gasteiger partial charge in [-0.25, -0.2) is 4.85 Å². The number of fused-ring (bicyclic) bond motifs is 1. The first kappa shape index (κ1) is 27.7. The number of phenolic OH excluding ortho intramolecular Hbond substituents is 1. The summed E-state index contributed by atoms with van der Waals surface area (Å²) in [4.78, 5) is 49.0. The van der Waals surface area contributed by atoms with Gasteiger partial charge in [-0.2, -0.15) is 0 Å². The Morgan fingerprint density at radius 1 is 0.950 bits per heavy atom. The van der Waals surface area contributed by atoms with Crippen LogP contribution in [0.25, 0.3) is 4.85 Å². The number of aromatic hydroxyl groups is 1. The fourth-order valence-electron chi connectivity index (χ4n) is 6.61. The van der Waals surface area contributed by atoms with Crippen LogP contribution in [-0.2, 0) is 20.8 Å². The Morgan fingerprint density at radius 2 is 1.65 bits per heavy atom. The zero-order valence-electron chi connectivity index (χ0n) is 22.9. The lowest BCUT2D eigenvalue weighted by Gasteiger charge is -2.50. The van der Waals surface area contributed by atoms with Crippen molar-refractivity contribution in [1.82, 2.24) is 15.1 Å². The maximum atomic E-state index is 14.2. The minimum absolute atomic E-state index is 0.0328. The third-order valence-electron chi connectivity index (χ3n) is 8.74.